The molecular weight excluding hydrogens is 460 g/mol. The Hall–Kier alpha value is -2.44. The Bertz CT molecular complexity index is 921. The van der Waals surface area contributed by atoms with Crippen LogP contribution in [0.2, 0.25) is 0 Å². The average Bonchev–Trinajstić information content (AvgIpc) is 2.84. The number of methoxy groups -OCH3 is 1. The summed E-state index contributed by atoms with van der Waals surface area (Å²) in [5.41, 5.74) is 1.55. The van der Waals surface area contributed by atoms with E-state index in [1.54, 1.807) is 24.3 Å². The van der Waals surface area contributed by atoms with Gasteiger partial charge in [-0.1, -0.05) is 18.2 Å². The molecule has 10 heteroatoms. The van der Waals surface area contributed by atoms with Crippen LogP contribution in [-0.4, -0.2) is 92.4 Å². The highest BCUT2D eigenvalue weighted by Gasteiger charge is 2.39. The summed E-state index contributed by atoms with van der Waals surface area (Å²) in [6.07, 6.45) is -7.45. The monoisotopic (exact) mass is 494 g/mol. The van der Waals surface area contributed by atoms with E-state index in [4.69, 9.17) is 14.2 Å². The van der Waals surface area contributed by atoms with E-state index >= 15 is 0 Å². The highest BCUT2D eigenvalue weighted by molar-refractivity contribution is 5.41. The first-order valence-electron chi connectivity index (χ1n) is 11.5. The van der Waals surface area contributed by atoms with Crippen LogP contribution < -0.4 is 4.74 Å². The minimum absolute atomic E-state index is 0.000300. The number of hydrogen-bond donors (Lipinski definition) is 7. The van der Waals surface area contributed by atoms with Gasteiger partial charge in [0.1, 0.15) is 24.1 Å². The van der Waals surface area contributed by atoms with Gasteiger partial charge in [0.25, 0.3) is 0 Å². The van der Waals surface area contributed by atoms with Crippen LogP contribution in [0.5, 0.6) is 17.2 Å². The van der Waals surface area contributed by atoms with Crippen molar-refractivity contribution in [1.29, 1.82) is 0 Å². The number of rotatable bonds is 11. The lowest BCUT2D eigenvalue weighted by Crippen LogP contribution is -2.54. The van der Waals surface area contributed by atoms with Gasteiger partial charge in [0, 0.05) is 12.8 Å². The summed E-state index contributed by atoms with van der Waals surface area (Å²) < 4.78 is 16.4. The molecule has 0 spiro atoms. The van der Waals surface area contributed by atoms with Crippen molar-refractivity contribution in [2.75, 3.05) is 13.7 Å². The molecule has 35 heavy (non-hydrogen) atoms. The molecule has 1 heterocycles. The van der Waals surface area contributed by atoms with Gasteiger partial charge in [-0.3, -0.25) is 0 Å². The molecule has 1 aliphatic rings. The standard InChI is InChI=1S/C25H34O10/c1-33-22-11-15(5-9-18(22)27)4-8-17(35-25-24(32)23(31)21(30)13-34-25)12-20(29)19(28)10-14-2-6-16(26)7-3-14/h2-3,5-7,9,11,17,19-21,23-32H,4,8,10,12-13H2,1H3/t17-,19-,20-,21+,23-,24+,25-/m0/s1. The van der Waals surface area contributed by atoms with Crippen LogP contribution in [0.3, 0.4) is 0 Å². The SMILES string of the molecule is COc1cc(CC[C@@H](C[C@H](O)[C@@H](O)Cc2ccc(O)cc2)O[C@@H]2OC[C@@H](O)[C@H](O)[C@H]2O)ccc1O. The molecule has 1 saturated heterocycles. The van der Waals surface area contributed by atoms with Crippen molar-refractivity contribution < 1.29 is 50.0 Å². The predicted octanol–water partition coefficient (Wildman–Crippen LogP) is 0.218. The lowest BCUT2D eigenvalue weighted by molar-refractivity contribution is -0.285. The molecule has 10 nitrogen and oxygen atoms in total. The van der Waals surface area contributed by atoms with E-state index in [1.165, 1.54) is 25.3 Å². The normalized spacial score (nSPS) is 25.1. The smallest absolute Gasteiger partial charge is 0.186 e. The zero-order chi connectivity index (χ0) is 25.5. The second kappa shape index (κ2) is 12.5. The molecule has 3 rings (SSSR count). The Kier molecular flexibility index (Phi) is 9.70. The third-order valence-electron chi connectivity index (χ3n) is 6.11. The maximum absolute atomic E-state index is 10.7. The fourth-order valence-corrected chi connectivity index (χ4v) is 3.97. The molecule has 1 fully saturated rings. The molecule has 0 saturated carbocycles. The highest BCUT2D eigenvalue weighted by atomic mass is 16.7. The fraction of sp³-hybridized carbons (Fsp3) is 0.520. The van der Waals surface area contributed by atoms with Crippen molar-refractivity contribution in [2.45, 2.75) is 68.6 Å². The minimum Gasteiger partial charge on any atom is -0.508 e. The Morgan fingerprint density at radius 1 is 0.943 bits per heavy atom. The number of ether oxygens (including phenoxy) is 3. The van der Waals surface area contributed by atoms with Gasteiger partial charge in [-0.05, 0) is 48.2 Å². The van der Waals surface area contributed by atoms with Crippen molar-refractivity contribution in [3.05, 3.63) is 53.6 Å². The largest absolute Gasteiger partial charge is 0.508 e. The molecule has 1 aliphatic heterocycles. The lowest BCUT2D eigenvalue weighted by Gasteiger charge is -2.37. The molecule has 0 amide bonds. The molecule has 7 N–H and O–H groups in total. The molecular formula is C25H34O10. The predicted molar refractivity (Wildman–Crippen MR) is 124 cm³/mol. The first-order valence-corrected chi connectivity index (χ1v) is 11.5. The Labute approximate surface area is 203 Å². The zero-order valence-electron chi connectivity index (χ0n) is 19.5. The Morgan fingerprint density at radius 3 is 2.31 bits per heavy atom. The Balaban J connectivity index is 1.67. The molecule has 0 radical (unpaired) electrons. The van der Waals surface area contributed by atoms with Gasteiger partial charge in [-0.15, -0.1) is 0 Å². The van der Waals surface area contributed by atoms with Crippen LogP contribution in [0.4, 0.5) is 0 Å². The van der Waals surface area contributed by atoms with E-state index in [2.05, 4.69) is 0 Å². The van der Waals surface area contributed by atoms with Crippen LogP contribution in [0.15, 0.2) is 42.5 Å². The van der Waals surface area contributed by atoms with Gasteiger partial charge in [0.2, 0.25) is 0 Å². The molecule has 7 atom stereocenters. The average molecular weight is 495 g/mol. The Morgan fingerprint density at radius 2 is 1.63 bits per heavy atom. The van der Waals surface area contributed by atoms with E-state index in [9.17, 15) is 35.7 Å². The molecule has 2 aromatic carbocycles. The summed E-state index contributed by atoms with van der Waals surface area (Å²) in [5.74, 6) is 0.414. The summed E-state index contributed by atoms with van der Waals surface area (Å²) in [4.78, 5) is 0. The summed E-state index contributed by atoms with van der Waals surface area (Å²) in [7, 11) is 1.44. The summed E-state index contributed by atoms with van der Waals surface area (Å²) in [6.45, 7) is -0.225. The highest BCUT2D eigenvalue weighted by Crippen LogP contribution is 2.28. The maximum Gasteiger partial charge on any atom is 0.186 e. The van der Waals surface area contributed by atoms with Crippen molar-refractivity contribution in [3.63, 3.8) is 0 Å². The van der Waals surface area contributed by atoms with E-state index < -0.39 is 42.9 Å². The number of aliphatic hydroxyl groups is 5. The van der Waals surface area contributed by atoms with E-state index in [0.29, 0.717) is 18.6 Å². The van der Waals surface area contributed by atoms with Crippen LogP contribution in [0.1, 0.15) is 24.0 Å². The van der Waals surface area contributed by atoms with Crippen LogP contribution >= 0.6 is 0 Å². The van der Waals surface area contributed by atoms with Crippen molar-refractivity contribution in [3.8, 4) is 17.2 Å². The number of aromatic hydroxyl groups is 2. The van der Waals surface area contributed by atoms with Gasteiger partial charge in [-0.2, -0.15) is 0 Å². The molecule has 0 unspecified atom stereocenters. The topological polar surface area (TPSA) is 169 Å². The van der Waals surface area contributed by atoms with Crippen molar-refractivity contribution in [1.82, 2.24) is 0 Å². The molecule has 194 valence electrons. The van der Waals surface area contributed by atoms with E-state index in [-0.39, 0.29) is 30.9 Å². The first-order chi connectivity index (χ1) is 16.7. The van der Waals surface area contributed by atoms with E-state index in [1.807, 2.05) is 0 Å². The second-order valence-electron chi connectivity index (χ2n) is 8.79. The third-order valence-corrected chi connectivity index (χ3v) is 6.11. The number of aliphatic hydroxyl groups excluding tert-OH is 5. The zero-order valence-corrected chi connectivity index (χ0v) is 19.5. The quantitative estimate of drug-likeness (QED) is 0.229. The van der Waals surface area contributed by atoms with Crippen molar-refractivity contribution >= 4 is 0 Å². The van der Waals surface area contributed by atoms with Crippen LogP contribution in [0.25, 0.3) is 0 Å². The van der Waals surface area contributed by atoms with Gasteiger partial charge in [-0.25, -0.2) is 0 Å². The van der Waals surface area contributed by atoms with Crippen molar-refractivity contribution in [2.24, 2.45) is 0 Å². The first kappa shape index (κ1) is 27.2. The summed E-state index contributed by atoms with van der Waals surface area (Å²) in [5, 5.41) is 70.4. The number of phenolic OH excluding ortho intramolecular Hbond substituents is 2. The summed E-state index contributed by atoms with van der Waals surface area (Å²) in [6, 6.07) is 11.2. The van der Waals surface area contributed by atoms with Crippen LogP contribution in [0, 0.1) is 0 Å². The molecule has 0 aliphatic carbocycles. The van der Waals surface area contributed by atoms with Crippen LogP contribution in [-0.2, 0) is 22.3 Å². The number of benzene rings is 2. The molecule has 2 aromatic rings. The minimum atomic E-state index is -1.49. The maximum atomic E-state index is 10.7. The summed E-state index contributed by atoms with van der Waals surface area (Å²) >= 11 is 0. The third kappa shape index (κ3) is 7.52. The van der Waals surface area contributed by atoms with Gasteiger partial charge < -0.3 is 50.0 Å². The van der Waals surface area contributed by atoms with E-state index in [0.717, 1.165) is 11.1 Å². The number of aryl methyl sites for hydroxylation is 1. The van der Waals surface area contributed by atoms with Gasteiger partial charge >= 0.3 is 0 Å². The number of phenols is 2. The lowest BCUT2D eigenvalue weighted by atomic mass is 9.96. The van der Waals surface area contributed by atoms with Gasteiger partial charge in [0.05, 0.1) is 32.0 Å². The fourth-order valence-electron chi connectivity index (χ4n) is 3.97. The second-order valence-corrected chi connectivity index (χ2v) is 8.79. The van der Waals surface area contributed by atoms with Gasteiger partial charge in [0.15, 0.2) is 17.8 Å². The molecule has 0 bridgehead atoms. The number of hydrogen-bond acceptors (Lipinski definition) is 10. The molecule has 0 aromatic heterocycles.